The quantitative estimate of drug-likeness (QED) is 0.159. The lowest BCUT2D eigenvalue weighted by molar-refractivity contribution is -0.142. The highest BCUT2D eigenvalue weighted by atomic mass is 32.2. The Morgan fingerprint density at radius 1 is 1.00 bits per heavy atom. The molecule has 3 N–H and O–H groups in total. The van der Waals surface area contributed by atoms with Crippen LogP contribution in [0.25, 0.3) is 33.3 Å². The number of nitrogens with one attached hydrogen (secondary N) is 3. The summed E-state index contributed by atoms with van der Waals surface area (Å²) < 4.78 is 55.3. The zero-order chi connectivity index (χ0) is 42.5. The number of allylic oxidation sites excluding steroid dienone is 1. The first kappa shape index (κ1) is 41.1. The minimum Gasteiger partial charge on any atom is -0.484 e. The van der Waals surface area contributed by atoms with E-state index in [4.69, 9.17) is 14.1 Å². The lowest BCUT2D eigenvalue weighted by Gasteiger charge is -2.30. The van der Waals surface area contributed by atoms with Crippen molar-refractivity contribution in [2.24, 2.45) is 11.8 Å². The van der Waals surface area contributed by atoms with Crippen LogP contribution in [0.15, 0.2) is 65.1 Å². The van der Waals surface area contributed by atoms with E-state index in [0.717, 1.165) is 49.5 Å². The van der Waals surface area contributed by atoms with Crippen LogP contribution in [0.5, 0.6) is 5.75 Å². The van der Waals surface area contributed by atoms with Gasteiger partial charge in [0.25, 0.3) is 5.91 Å². The van der Waals surface area contributed by atoms with Gasteiger partial charge in [0.1, 0.15) is 40.6 Å². The Morgan fingerprint density at radius 2 is 1.77 bits per heavy atom. The zero-order valence-electron chi connectivity index (χ0n) is 34.3. The van der Waals surface area contributed by atoms with E-state index in [1.165, 1.54) is 17.0 Å². The molecule has 4 aromatic rings. The molecule has 5 aliphatic rings. The molecule has 2 aromatic heterocycles. The van der Waals surface area contributed by atoms with Crippen molar-refractivity contribution in [1.82, 2.24) is 25.2 Å². The number of hydrogen-bond acceptors (Lipinski definition) is 9. The van der Waals surface area contributed by atoms with Crippen LogP contribution in [0.3, 0.4) is 0 Å². The number of nitrogens with zero attached hydrogens (tertiary/aromatic N) is 2. The van der Waals surface area contributed by atoms with Gasteiger partial charge in [-0.15, -0.1) is 0 Å². The number of aromatic nitrogens is 1. The van der Waals surface area contributed by atoms with Gasteiger partial charge in [0.2, 0.25) is 27.7 Å². The van der Waals surface area contributed by atoms with E-state index in [1.54, 1.807) is 18.2 Å². The van der Waals surface area contributed by atoms with E-state index in [9.17, 15) is 32.0 Å². The molecule has 0 spiro atoms. The summed E-state index contributed by atoms with van der Waals surface area (Å²) in [5, 5.41) is 6.08. The van der Waals surface area contributed by atoms with Crippen molar-refractivity contribution in [3.8, 4) is 17.0 Å². The molecule has 9 rings (SSSR count). The number of rotatable bonds is 9. The molecule has 0 bridgehead atoms. The van der Waals surface area contributed by atoms with Crippen molar-refractivity contribution in [1.29, 1.82) is 0 Å². The standard InChI is InChI=1S/C46H52FN5O8S/c1-27-13-20-38-34(21-27)41-42(60-38)39(24-36(49-41)29-14-16-31(47)17-15-29)59-32-23-37-43(54)50-46(45(56)51-61(57,58)33-18-19-33)25-30(46)11-5-3-2-4-6-12-35(44(55)52(37)26-32)48-40(53)22-28-9-7-8-10-28/h5,11,13-17,20-21,24,28,30,32-33,35,37H,2-4,6-10,12,18-19,22-23,25-26H2,1H3,(H,48,53)(H,50,54)(H,51,56)/b11-5-/t30-,32-,35+,37+,46-/m1/s1. The molecule has 0 unspecified atom stereocenters. The maximum absolute atomic E-state index is 14.8. The van der Waals surface area contributed by atoms with E-state index in [-0.39, 0.29) is 31.2 Å². The average Bonchev–Trinajstić information content (AvgIpc) is 4.05. The summed E-state index contributed by atoms with van der Waals surface area (Å²) in [6.07, 6.45) is 12.0. The van der Waals surface area contributed by atoms with E-state index in [2.05, 4.69) is 15.4 Å². The highest BCUT2D eigenvalue weighted by Gasteiger charge is 2.62. The maximum atomic E-state index is 14.8. The predicted octanol–water partition coefficient (Wildman–Crippen LogP) is 6.51. The third-order valence-corrected chi connectivity index (χ3v) is 14.9. The van der Waals surface area contributed by atoms with Crippen LogP contribution in [0, 0.1) is 24.6 Å². The van der Waals surface area contributed by atoms with Crippen LogP contribution in [0.2, 0.25) is 0 Å². The van der Waals surface area contributed by atoms with Crippen molar-refractivity contribution >= 4 is 55.7 Å². The van der Waals surface area contributed by atoms with Crippen LogP contribution in [-0.4, -0.2) is 77.5 Å². The molecule has 3 aliphatic carbocycles. The Labute approximate surface area is 354 Å². The number of sulfonamides is 1. The number of hydrogen-bond donors (Lipinski definition) is 3. The Bertz CT molecular complexity index is 2510. The molecule has 2 aromatic carbocycles. The summed E-state index contributed by atoms with van der Waals surface area (Å²) in [5.74, 6) is -2.28. The normalized spacial score (nSPS) is 26.8. The molecule has 0 radical (unpaired) electrons. The Balaban J connectivity index is 1.06. The van der Waals surface area contributed by atoms with Crippen molar-refractivity contribution in [2.45, 2.75) is 126 Å². The first-order valence-electron chi connectivity index (χ1n) is 21.8. The number of ether oxygens (including phenoxy) is 1. The van der Waals surface area contributed by atoms with Gasteiger partial charge in [0.15, 0.2) is 11.3 Å². The summed E-state index contributed by atoms with van der Waals surface area (Å²) in [6, 6.07) is 11.4. The van der Waals surface area contributed by atoms with E-state index < -0.39 is 68.5 Å². The van der Waals surface area contributed by atoms with Crippen LogP contribution in [-0.2, 0) is 29.2 Å². The monoisotopic (exact) mass is 853 g/mol. The molecule has 5 atom stereocenters. The molecule has 15 heteroatoms. The minimum atomic E-state index is -3.92. The van der Waals surface area contributed by atoms with Crippen molar-refractivity contribution in [3.05, 3.63) is 72.1 Å². The zero-order valence-corrected chi connectivity index (χ0v) is 35.1. The van der Waals surface area contributed by atoms with Gasteiger partial charge < -0.3 is 24.7 Å². The molecule has 3 saturated carbocycles. The average molecular weight is 854 g/mol. The van der Waals surface area contributed by atoms with Gasteiger partial charge in [-0.1, -0.05) is 49.5 Å². The van der Waals surface area contributed by atoms with E-state index in [1.807, 2.05) is 37.3 Å². The number of pyridine rings is 1. The van der Waals surface area contributed by atoms with E-state index >= 15 is 0 Å². The van der Waals surface area contributed by atoms with Gasteiger partial charge in [0.05, 0.1) is 17.5 Å². The highest BCUT2D eigenvalue weighted by Crippen LogP contribution is 2.46. The van der Waals surface area contributed by atoms with E-state index in [0.29, 0.717) is 72.2 Å². The van der Waals surface area contributed by atoms with Crippen LogP contribution in [0.4, 0.5) is 4.39 Å². The third-order valence-electron chi connectivity index (χ3n) is 13.1. The second-order valence-electron chi connectivity index (χ2n) is 17.8. The fourth-order valence-electron chi connectivity index (χ4n) is 9.43. The summed E-state index contributed by atoms with van der Waals surface area (Å²) in [4.78, 5) is 63.2. The van der Waals surface area contributed by atoms with Crippen LogP contribution >= 0.6 is 0 Å². The van der Waals surface area contributed by atoms with Crippen LogP contribution < -0.4 is 20.1 Å². The molecule has 4 heterocycles. The Morgan fingerprint density at radius 3 is 2.54 bits per heavy atom. The highest BCUT2D eigenvalue weighted by molar-refractivity contribution is 7.91. The first-order chi connectivity index (χ1) is 29.4. The van der Waals surface area contributed by atoms with Gasteiger partial charge in [0, 0.05) is 35.8 Å². The fraction of sp³-hybridized carbons (Fsp3) is 0.500. The fourth-order valence-corrected chi connectivity index (χ4v) is 10.8. The minimum absolute atomic E-state index is 0.0218. The van der Waals surface area contributed by atoms with Gasteiger partial charge in [-0.3, -0.25) is 23.9 Å². The number of benzene rings is 2. The van der Waals surface area contributed by atoms with Gasteiger partial charge in [-0.2, -0.15) is 0 Å². The molecule has 61 heavy (non-hydrogen) atoms. The molecule has 13 nitrogen and oxygen atoms in total. The number of amides is 4. The molecule has 4 fully saturated rings. The Hall–Kier alpha value is -5.31. The maximum Gasteiger partial charge on any atom is 0.259 e. The lowest BCUT2D eigenvalue weighted by atomic mass is 10.0. The number of furan rings is 1. The van der Waals surface area contributed by atoms with Crippen molar-refractivity contribution in [2.75, 3.05) is 6.54 Å². The summed E-state index contributed by atoms with van der Waals surface area (Å²) >= 11 is 0. The smallest absolute Gasteiger partial charge is 0.259 e. The molecule has 2 aliphatic heterocycles. The first-order valence-corrected chi connectivity index (χ1v) is 23.3. The molecular weight excluding hydrogens is 802 g/mol. The number of carbonyl (C=O) groups excluding carboxylic acids is 4. The number of halogens is 1. The number of fused-ring (bicyclic) bond motifs is 5. The summed E-state index contributed by atoms with van der Waals surface area (Å²) in [7, 11) is -3.92. The number of aryl methyl sites for hydroxylation is 1. The summed E-state index contributed by atoms with van der Waals surface area (Å²) in [6.45, 7) is 1.94. The molecule has 322 valence electrons. The van der Waals surface area contributed by atoms with Gasteiger partial charge in [-0.05, 0) is 101 Å². The second kappa shape index (κ2) is 16.5. The van der Waals surface area contributed by atoms with Gasteiger partial charge in [-0.25, -0.2) is 17.8 Å². The third kappa shape index (κ3) is 8.62. The largest absolute Gasteiger partial charge is 0.484 e. The predicted molar refractivity (Wildman–Crippen MR) is 226 cm³/mol. The summed E-state index contributed by atoms with van der Waals surface area (Å²) in [5.41, 5.74) is 2.09. The lowest BCUT2D eigenvalue weighted by Crippen LogP contribution is -2.58. The second-order valence-corrected chi connectivity index (χ2v) is 19.7. The van der Waals surface area contributed by atoms with Crippen LogP contribution in [0.1, 0.15) is 95.5 Å². The molecular formula is C46H52FN5O8S. The Kier molecular flexibility index (Phi) is 11.1. The topological polar surface area (TPSA) is 177 Å². The SMILES string of the molecule is Cc1ccc2oc3c(O[C@@H]4C[C@H]5C(=O)N[C@]6(C(=O)NS(=O)(=O)C7CC7)C[C@H]6/C=C\CCCCC[C@H](NC(=O)CC6CCCC6)C(=O)N5C4)cc(-c4ccc(F)cc4)nc3c2c1. The van der Waals surface area contributed by atoms with Crippen molar-refractivity contribution in [3.63, 3.8) is 0 Å². The molecule has 4 amide bonds. The van der Waals surface area contributed by atoms with Crippen molar-refractivity contribution < 1.29 is 41.1 Å². The number of carbonyl (C=O) groups is 4. The molecule has 1 saturated heterocycles. The van der Waals surface area contributed by atoms with Gasteiger partial charge >= 0.3 is 0 Å².